The molecule has 57 heavy (non-hydrogen) atoms. The minimum atomic E-state index is 0.00335. The molecule has 5 nitrogen and oxygen atoms in total. The Bertz CT molecular complexity index is 818. The average Bonchev–Trinajstić information content (AvgIpc) is 3.20. The second kappa shape index (κ2) is 44.5. The van der Waals surface area contributed by atoms with Crippen molar-refractivity contribution in [3.63, 3.8) is 0 Å². The van der Waals surface area contributed by atoms with Gasteiger partial charge < -0.3 is 14.5 Å². The molecule has 0 heterocycles. The molecular weight excluding hydrogens is 701 g/mol. The smallest absolute Gasteiger partial charge is 0.305 e. The van der Waals surface area contributed by atoms with Crippen LogP contribution in [-0.2, 0) is 14.3 Å². The molecule has 0 aromatic heterocycles. The fraction of sp³-hybridized carbons (Fsp3) is 0.962. The van der Waals surface area contributed by atoms with E-state index in [1.54, 1.807) is 0 Å². The second-order valence-electron chi connectivity index (χ2n) is 18.5. The fourth-order valence-electron chi connectivity index (χ4n) is 8.67. The molecule has 0 saturated carbocycles. The fourth-order valence-corrected chi connectivity index (χ4v) is 8.67. The normalized spacial score (nSPS) is 12.2. The zero-order valence-corrected chi connectivity index (χ0v) is 40.0. The first-order chi connectivity index (χ1) is 27.9. The number of carbonyl (C=O) groups is 2. The molecule has 0 aromatic rings. The number of rotatable bonds is 46. The van der Waals surface area contributed by atoms with Gasteiger partial charge in [-0.15, -0.1) is 0 Å². The summed E-state index contributed by atoms with van der Waals surface area (Å²) in [5, 5.41) is 0. The molecule has 0 rings (SSSR count). The molecule has 0 aliphatic rings. The third kappa shape index (κ3) is 38.8. The van der Waals surface area contributed by atoms with E-state index >= 15 is 0 Å². The third-order valence-corrected chi connectivity index (χ3v) is 12.5. The number of amides is 1. The van der Waals surface area contributed by atoms with E-state index in [0.29, 0.717) is 37.3 Å². The number of hydrogen-bond acceptors (Lipinski definition) is 4. The summed E-state index contributed by atoms with van der Waals surface area (Å²) < 4.78 is 5.80. The Morgan fingerprint density at radius 2 is 0.772 bits per heavy atom. The standard InChI is InChI=1S/C52H104N2O3/c1-7-11-15-19-21-23-27-33-41-50(54(51(55)43-36-38-46-53(5)6)47-37-30-24-22-20-16-12-8-2)42-34-28-29-35-44-52(56)57-48-45-49(39-31-25-17-13-9-3)40-32-26-18-14-10-4/h49-50H,7-48H2,1-6H3. The van der Waals surface area contributed by atoms with E-state index in [4.69, 9.17) is 4.74 Å². The number of carbonyl (C=O) groups excluding carboxylic acids is 2. The summed E-state index contributed by atoms with van der Waals surface area (Å²) in [6, 6.07) is 0.368. The third-order valence-electron chi connectivity index (χ3n) is 12.5. The monoisotopic (exact) mass is 805 g/mol. The predicted octanol–water partition coefficient (Wildman–Crippen LogP) is 16.2. The van der Waals surface area contributed by atoms with Crippen LogP contribution in [0.5, 0.6) is 0 Å². The minimum absolute atomic E-state index is 0.00335. The maximum atomic E-state index is 13.9. The molecule has 0 saturated heterocycles. The molecule has 0 spiro atoms. The molecule has 1 unspecified atom stereocenters. The van der Waals surface area contributed by atoms with E-state index in [-0.39, 0.29) is 5.97 Å². The van der Waals surface area contributed by atoms with Crippen LogP contribution in [0.25, 0.3) is 0 Å². The van der Waals surface area contributed by atoms with E-state index in [1.165, 1.54) is 173 Å². The number of ether oxygens (including phenoxy) is 1. The summed E-state index contributed by atoms with van der Waals surface area (Å²) in [6.45, 7) is 11.8. The van der Waals surface area contributed by atoms with Gasteiger partial charge in [-0.2, -0.15) is 0 Å². The second-order valence-corrected chi connectivity index (χ2v) is 18.5. The molecule has 0 radical (unpaired) electrons. The molecule has 1 amide bonds. The summed E-state index contributed by atoms with van der Waals surface area (Å²) in [5.41, 5.74) is 0. The van der Waals surface area contributed by atoms with E-state index in [0.717, 1.165) is 77.3 Å². The van der Waals surface area contributed by atoms with Crippen LogP contribution in [0.1, 0.15) is 278 Å². The Balaban J connectivity index is 5.01. The van der Waals surface area contributed by atoms with Crippen molar-refractivity contribution in [3.05, 3.63) is 0 Å². The lowest BCUT2D eigenvalue weighted by molar-refractivity contribution is -0.144. The van der Waals surface area contributed by atoms with Crippen LogP contribution in [0.4, 0.5) is 0 Å². The van der Waals surface area contributed by atoms with Crippen molar-refractivity contribution >= 4 is 11.9 Å². The first-order valence-electron chi connectivity index (χ1n) is 26.0. The topological polar surface area (TPSA) is 49.9 Å². The average molecular weight is 805 g/mol. The van der Waals surface area contributed by atoms with Gasteiger partial charge in [-0.05, 0) is 71.5 Å². The van der Waals surface area contributed by atoms with Crippen molar-refractivity contribution in [1.82, 2.24) is 9.80 Å². The molecule has 0 aliphatic heterocycles. The van der Waals surface area contributed by atoms with Crippen molar-refractivity contribution in [2.24, 2.45) is 5.92 Å². The van der Waals surface area contributed by atoms with Crippen LogP contribution in [0.3, 0.4) is 0 Å². The zero-order valence-electron chi connectivity index (χ0n) is 40.0. The Morgan fingerprint density at radius 3 is 1.23 bits per heavy atom. The lowest BCUT2D eigenvalue weighted by Crippen LogP contribution is -2.41. The summed E-state index contributed by atoms with van der Waals surface area (Å²) in [4.78, 5) is 31.2. The van der Waals surface area contributed by atoms with Crippen molar-refractivity contribution < 1.29 is 14.3 Å². The Labute approximate surface area is 358 Å². The van der Waals surface area contributed by atoms with Gasteiger partial charge in [0, 0.05) is 25.4 Å². The van der Waals surface area contributed by atoms with Gasteiger partial charge in [0.25, 0.3) is 0 Å². The van der Waals surface area contributed by atoms with Gasteiger partial charge in [-0.1, -0.05) is 220 Å². The maximum absolute atomic E-state index is 13.9. The molecule has 1 atom stereocenters. The van der Waals surface area contributed by atoms with Gasteiger partial charge in [0.2, 0.25) is 5.91 Å². The molecule has 0 fully saturated rings. The van der Waals surface area contributed by atoms with E-state index < -0.39 is 0 Å². The van der Waals surface area contributed by atoms with Gasteiger partial charge in [0.05, 0.1) is 6.61 Å². The van der Waals surface area contributed by atoms with Crippen molar-refractivity contribution in [2.45, 2.75) is 284 Å². The van der Waals surface area contributed by atoms with E-state index in [9.17, 15) is 9.59 Å². The largest absolute Gasteiger partial charge is 0.466 e. The first-order valence-corrected chi connectivity index (χ1v) is 26.0. The Morgan fingerprint density at radius 1 is 0.404 bits per heavy atom. The minimum Gasteiger partial charge on any atom is -0.466 e. The molecule has 0 aromatic carbocycles. The molecule has 0 bridgehead atoms. The van der Waals surface area contributed by atoms with Gasteiger partial charge >= 0.3 is 5.97 Å². The molecule has 0 aliphatic carbocycles. The summed E-state index contributed by atoms with van der Waals surface area (Å²) in [6.07, 6.45) is 48.0. The predicted molar refractivity (Wildman–Crippen MR) is 251 cm³/mol. The number of hydrogen-bond donors (Lipinski definition) is 0. The Kier molecular flexibility index (Phi) is 43.6. The van der Waals surface area contributed by atoms with Crippen molar-refractivity contribution in [1.29, 1.82) is 0 Å². The highest BCUT2D eigenvalue weighted by Crippen LogP contribution is 2.24. The quantitative estimate of drug-likeness (QED) is 0.0454. The van der Waals surface area contributed by atoms with Gasteiger partial charge in [0.1, 0.15) is 0 Å². The SMILES string of the molecule is CCCCCCCCCCC(CCCCCCC(=O)OCCC(CCCCCCC)CCCCCCC)N(CCCCCCCCCC)C(=O)CCCCN(C)C. The molecule has 0 N–H and O–H groups in total. The summed E-state index contributed by atoms with van der Waals surface area (Å²) in [5.74, 6) is 1.11. The van der Waals surface area contributed by atoms with Crippen LogP contribution in [0, 0.1) is 5.92 Å². The van der Waals surface area contributed by atoms with Crippen LogP contribution >= 0.6 is 0 Å². The van der Waals surface area contributed by atoms with E-state index in [1.807, 2.05) is 0 Å². The van der Waals surface area contributed by atoms with Gasteiger partial charge in [-0.25, -0.2) is 0 Å². The summed E-state index contributed by atoms with van der Waals surface area (Å²) >= 11 is 0. The van der Waals surface area contributed by atoms with Crippen LogP contribution in [-0.4, -0.2) is 61.5 Å². The van der Waals surface area contributed by atoms with Gasteiger partial charge in [-0.3, -0.25) is 9.59 Å². The van der Waals surface area contributed by atoms with Crippen LogP contribution < -0.4 is 0 Å². The van der Waals surface area contributed by atoms with Crippen LogP contribution in [0.15, 0.2) is 0 Å². The van der Waals surface area contributed by atoms with E-state index in [2.05, 4.69) is 51.6 Å². The highest BCUT2D eigenvalue weighted by Gasteiger charge is 2.23. The Hall–Kier alpha value is -1.10. The van der Waals surface area contributed by atoms with Crippen molar-refractivity contribution in [2.75, 3.05) is 33.8 Å². The highest BCUT2D eigenvalue weighted by atomic mass is 16.5. The van der Waals surface area contributed by atoms with Crippen LogP contribution in [0.2, 0.25) is 0 Å². The lowest BCUT2D eigenvalue weighted by Gasteiger charge is -2.33. The molecular formula is C52H104N2O3. The molecule has 5 heteroatoms. The number of esters is 1. The van der Waals surface area contributed by atoms with Gasteiger partial charge in [0.15, 0.2) is 0 Å². The summed E-state index contributed by atoms with van der Waals surface area (Å²) in [7, 11) is 4.26. The zero-order chi connectivity index (χ0) is 41.9. The highest BCUT2D eigenvalue weighted by molar-refractivity contribution is 5.76. The van der Waals surface area contributed by atoms with Crippen molar-refractivity contribution in [3.8, 4) is 0 Å². The molecule has 340 valence electrons. The first kappa shape index (κ1) is 55.9. The number of nitrogens with zero attached hydrogens (tertiary/aromatic N) is 2. The maximum Gasteiger partial charge on any atom is 0.305 e. The number of unbranched alkanes of at least 4 members (excludes halogenated alkanes) is 26. The lowest BCUT2D eigenvalue weighted by atomic mass is 9.92.